The van der Waals surface area contributed by atoms with E-state index in [0.29, 0.717) is 17.5 Å². The number of hydrogen-bond donors (Lipinski definition) is 1. The molecule has 1 aliphatic heterocycles. The summed E-state index contributed by atoms with van der Waals surface area (Å²) in [5, 5.41) is 2.77. The molecule has 7 nitrogen and oxygen atoms in total. The average molecular weight is 492 g/mol. The van der Waals surface area contributed by atoms with Gasteiger partial charge in [-0.05, 0) is 37.3 Å². The van der Waals surface area contributed by atoms with Crippen molar-refractivity contribution in [3.05, 3.63) is 65.9 Å². The summed E-state index contributed by atoms with van der Waals surface area (Å²) in [7, 11) is 0. The second kappa shape index (κ2) is 9.51. The molecule has 0 radical (unpaired) electrons. The molecule has 3 aromatic heterocycles. The van der Waals surface area contributed by atoms with Gasteiger partial charge >= 0.3 is 6.18 Å². The van der Waals surface area contributed by atoms with Crippen molar-refractivity contribution >= 4 is 11.7 Å². The van der Waals surface area contributed by atoms with Gasteiger partial charge in [0.2, 0.25) is 0 Å². The first kappa shape index (κ1) is 24.4. The number of piperidine rings is 1. The molecule has 1 amide bonds. The first-order chi connectivity index (χ1) is 16.5. The van der Waals surface area contributed by atoms with E-state index >= 15 is 0 Å². The van der Waals surface area contributed by atoms with Crippen LogP contribution in [0.15, 0.2) is 48.9 Å². The minimum atomic E-state index is -4.54. The molecule has 1 saturated heterocycles. The number of carbonyl (C=O) groups excluding carboxylic acids is 1. The maximum Gasteiger partial charge on any atom is 0.417 e. The van der Waals surface area contributed by atoms with Gasteiger partial charge in [0.1, 0.15) is 11.5 Å². The van der Waals surface area contributed by atoms with E-state index in [0.717, 1.165) is 12.1 Å². The monoisotopic (exact) mass is 492 g/mol. The lowest BCUT2D eigenvalue weighted by Gasteiger charge is -2.39. The van der Waals surface area contributed by atoms with Crippen LogP contribution in [0.1, 0.15) is 34.6 Å². The van der Waals surface area contributed by atoms with Crippen molar-refractivity contribution in [2.24, 2.45) is 0 Å². The summed E-state index contributed by atoms with van der Waals surface area (Å²) in [4.78, 5) is 31.2. The Kier molecular flexibility index (Phi) is 6.64. The fourth-order valence-electron chi connectivity index (χ4n) is 3.84. The number of alkyl halides is 5. The summed E-state index contributed by atoms with van der Waals surface area (Å²) in [6.07, 6.45) is -1.99. The van der Waals surface area contributed by atoms with E-state index in [2.05, 4.69) is 25.3 Å². The Balaban J connectivity index is 1.58. The van der Waals surface area contributed by atoms with Gasteiger partial charge in [-0.25, -0.2) is 28.7 Å². The van der Waals surface area contributed by atoms with Crippen LogP contribution in [-0.2, 0) is 6.18 Å². The highest BCUT2D eigenvalue weighted by molar-refractivity contribution is 5.98. The number of likely N-dealkylation sites (tertiary alicyclic amines) is 1. The van der Waals surface area contributed by atoms with Crippen LogP contribution < -0.4 is 5.32 Å². The van der Waals surface area contributed by atoms with Gasteiger partial charge in [-0.1, -0.05) is 0 Å². The van der Waals surface area contributed by atoms with E-state index in [-0.39, 0.29) is 30.4 Å². The lowest BCUT2D eigenvalue weighted by atomic mass is 9.97. The fraction of sp³-hybridized carbons (Fsp3) is 0.348. The molecule has 184 valence electrons. The van der Waals surface area contributed by atoms with E-state index in [4.69, 9.17) is 0 Å². The summed E-state index contributed by atoms with van der Waals surface area (Å²) in [6.45, 7) is 1.35. The molecule has 3 aromatic rings. The molecule has 1 aliphatic rings. The third-order valence-corrected chi connectivity index (χ3v) is 5.61. The van der Waals surface area contributed by atoms with Crippen molar-refractivity contribution < 1.29 is 26.7 Å². The Morgan fingerprint density at radius 1 is 1.14 bits per heavy atom. The maximum atomic E-state index is 14.3. The Hall–Kier alpha value is -3.70. The van der Waals surface area contributed by atoms with Crippen LogP contribution in [0, 0.1) is 6.92 Å². The van der Waals surface area contributed by atoms with Gasteiger partial charge in [0, 0.05) is 50.2 Å². The molecule has 1 atom stereocenters. The normalized spacial score (nSPS) is 17.8. The van der Waals surface area contributed by atoms with E-state index in [1.807, 2.05) is 0 Å². The van der Waals surface area contributed by atoms with E-state index in [1.165, 1.54) is 17.3 Å². The Morgan fingerprint density at radius 2 is 1.89 bits per heavy atom. The van der Waals surface area contributed by atoms with Crippen LogP contribution in [0.25, 0.3) is 11.4 Å². The van der Waals surface area contributed by atoms with Gasteiger partial charge in [0.15, 0.2) is 5.82 Å². The fourth-order valence-corrected chi connectivity index (χ4v) is 3.84. The van der Waals surface area contributed by atoms with Crippen LogP contribution in [0.3, 0.4) is 0 Å². The SMILES string of the molecule is Cc1ccc(-c2ncccn2)c(C(=O)N2CCC(F)(F)CC2CNc2ccc(C(F)(F)F)cn2)n1. The maximum absolute atomic E-state index is 14.3. The molecule has 4 rings (SSSR count). The zero-order chi connectivity index (χ0) is 25.2. The zero-order valence-corrected chi connectivity index (χ0v) is 18.6. The molecule has 35 heavy (non-hydrogen) atoms. The van der Waals surface area contributed by atoms with E-state index in [1.54, 1.807) is 25.1 Å². The van der Waals surface area contributed by atoms with Gasteiger partial charge in [-0.3, -0.25) is 4.79 Å². The second-order valence-corrected chi connectivity index (χ2v) is 8.19. The number of carbonyl (C=O) groups is 1. The lowest BCUT2D eigenvalue weighted by Crippen LogP contribution is -2.52. The quantitative estimate of drug-likeness (QED) is 0.524. The van der Waals surface area contributed by atoms with Crippen LogP contribution in [0.5, 0.6) is 0 Å². The van der Waals surface area contributed by atoms with Crippen molar-refractivity contribution in [3.8, 4) is 11.4 Å². The van der Waals surface area contributed by atoms with Crippen LogP contribution in [0.2, 0.25) is 0 Å². The number of aromatic nitrogens is 4. The van der Waals surface area contributed by atoms with Crippen molar-refractivity contribution in [2.45, 2.75) is 37.9 Å². The average Bonchev–Trinajstić information content (AvgIpc) is 2.82. The number of anilines is 1. The number of nitrogens with one attached hydrogen (secondary N) is 1. The minimum Gasteiger partial charge on any atom is -0.368 e. The molecule has 0 aromatic carbocycles. The van der Waals surface area contributed by atoms with Crippen molar-refractivity contribution in [2.75, 3.05) is 18.4 Å². The summed E-state index contributed by atoms with van der Waals surface area (Å²) in [5.41, 5.74) is 0.0398. The number of nitrogens with zero attached hydrogens (tertiary/aromatic N) is 5. The first-order valence-electron chi connectivity index (χ1n) is 10.7. The summed E-state index contributed by atoms with van der Waals surface area (Å²) in [6, 6.07) is 5.97. The highest BCUT2D eigenvalue weighted by atomic mass is 19.4. The largest absolute Gasteiger partial charge is 0.417 e. The molecule has 1 N–H and O–H groups in total. The molecule has 0 spiro atoms. The molecule has 1 unspecified atom stereocenters. The van der Waals surface area contributed by atoms with E-state index in [9.17, 15) is 26.7 Å². The lowest BCUT2D eigenvalue weighted by molar-refractivity contribution is -0.137. The van der Waals surface area contributed by atoms with Gasteiger partial charge in [0.05, 0.1) is 17.2 Å². The molecular weight excluding hydrogens is 471 g/mol. The molecule has 0 bridgehead atoms. The molecule has 0 aliphatic carbocycles. The zero-order valence-electron chi connectivity index (χ0n) is 18.6. The number of halogens is 5. The van der Waals surface area contributed by atoms with Crippen LogP contribution in [0.4, 0.5) is 27.8 Å². The molecule has 12 heteroatoms. The number of hydrogen-bond acceptors (Lipinski definition) is 6. The number of pyridine rings is 2. The Bertz CT molecular complexity index is 1190. The van der Waals surface area contributed by atoms with Gasteiger partial charge in [-0.2, -0.15) is 13.2 Å². The molecule has 4 heterocycles. The topological polar surface area (TPSA) is 83.9 Å². The molecular formula is C23H21F5N6O. The predicted molar refractivity (Wildman–Crippen MR) is 117 cm³/mol. The van der Waals surface area contributed by atoms with Crippen molar-refractivity contribution in [1.29, 1.82) is 0 Å². The predicted octanol–water partition coefficient (Wildman–Crippen LogP) is 4.61. The summed E-state index contributed by atoms with van der Waals surface area (Å²) in [5.74, 6) is -3.21. The Labute approximate surface area is 197 Å². The van der Waals surface area contributed by atoms with Crippen LogP contribution in [-0.4, -0.2) is 55.8 Å². The second-order valence-electron chi connectivity index (χ2n) is 8.19. The standard InChI is InChI=1S/C23H21F5N6O/c1-14-3-5-17(20-29-8-2-9-30-20)19(33-14)21(35)34-10-7-22(24,25)11-16(34)13-32-18-6-4-15(12-31-18)23(26,27)28/h2-6,8-9,12,16H,7,10-11,13H2,1H3,(H,31,32). The summed E-state index contributed by atoms with van der Waals surface area (Å²) >= 11 is 0. The van der Waals surface area contributed by atoms with Gasteiger partial charge < -0.3 is 10.2 Å². The number of amides is 1. The van der Waals surface area contributed by atoms with Crippen molar-refractivity contribution in [1.82, 2.24) is 24.8 Å². The van der Waals surface area contributed by atoms with Gasteiger partial charge in [-0.15, -0.1) is 0 Å². The molecule has 1 fully saturated rings. The summed E-state index contributed by atoms with van der Waals surface area (Å²) < 4.78 is 66.8. The van der Waals surface area contributed by atoms with Crippen LogP contribution >= 0.6 is 0 Å². The first-order valence-corrected chi connectivity index (χ1v) is 10.7. The number of rotatable bonds is 5. The molecule has 0 saturated carbocycles. The van der Waals surface area contributed by atoms with Gasteiger partial charge in [0.25, 0.3) is 11.8 Å². The van der Waals surface area contributed by atoms with E-state index < -0.39 is 42.5 Å². The smallest absolute Gasteiger partial charge is 0.368 e. The van der Waals surface area contributed by atoms with Crippen molar-refractivity contribution in [3.63, 3.8) is 0 Å². The third kappa shape index (κ3) is 5.69. The Morgan fingerprint density at radius 3 is 2.54 bits per heavy atom. The highest BCUT2D eigenvalue weighted by Gasteiger charge is 2.43. The highest BCUT2D eigenvalue weighted by Crippen LogP contribution is 2.34. The third-order valence-electron chi connectivity index (χ3n) is 5.61. The number of aryl methyl sites for hydroxylation is 1. The minimum absolute atomic E-state index is 0.0408.